The summed E-state index contributed by atoms with van der Waals surface area (Å²) in [6, 6.07) is 15.1. The van der Waals surface area contributed by atoms with Crippen molar-refractivity contribution >= 4 is 23.1 Å². The number of para-hydroxylation sites is 1. The molecule has 6 heteroatoms. The van der Waals surface area contributed by atoms with Gasteiger partial charge < -0.3 is 14.8 Å². The SMILES string of the molecule is CCc1ccc(NC2=C(c3ccccc3OC)C(=O)N(CCCOC)C2=O)cc1. The highest BCUT2D eigenvalue weighted by Crippen LogP contribution is 2.35. The fourth-order valence-electron chi connectivity index (χ4n) is 3.33. The van der Waals surface area contributed by atoms with Crippen molar-refractivity contribution in [1.82, 2.24) is 4.90 Å². The number of anilines is 1. The Kier molecular flexibility index (Phi) is 6.67. The van der Waals surface area contributed by atoms with Gasteiger partial charge in [-0.05, 0) is 36.6 Å². The molecule has 2 aromatic rings. The highest BCUT2D eigenvalue weighted by atomic mass is 16.5. The third-order valence-corrected chi connectivity index (χ3v) is 4.91. The topological polar surface area (TPSA) is 67.9 Å². The van der Waals surface area contributed by atoms with Crippen LogP contribution in [0.4, 0.5) is 5.69 Å². The summed E-state index contributed by atoms with van der Waals surface area (Å²) in [6.07, 6.45) is 1.51. The van der Waals surface area contributed by atoms with E-state index >= 15 is 0 Å². The molecule has 0 aromatic heterocycles. The fourth-order valence-corrected chi connectivity index (χ4v) is 3.33. The van der Waals surface area contributed by atoms with E-state index in [1.54, 1.807) is 26.4 Å². The molecule has 0 saturated carbocycles. The second-order valence-electron chi connectivity index (χ2n) is 6.73. The first kappa shape index (κ1) is 20.6. The Morgan fingerprint density at radius 3 is 2.34 bits per heavy atom. The van der Waals surface area contributed by atoms with Crippen LogP contribution < -0.4 is 10.1 Å². The standard InChI is InChI=1S/C23H26N2O4/c1-4-16-10-12-17(13-11-16)24-21-20(18-8-5-6-9-19(18)29-3)22(26)25(23(21)27)14-7-15-28-2/h5-6,8-13,24H,4,7,14-15H2,1-3H3. The van der Waals surface area contributed by atoms with Gasteiger partial charge in [0.15, 0.2) is 0 Å². The Hall–Kier alpha value is -3.12. The van der Waals surface area contributed by atoms with Gasteiger partial charge in [0.1, 0.15) is 11.4 Å². The van der Waals surface area contributed by atoms with Crippen LogP contribution in [0.1, 0.15) is 24.5 Å². The van der Waals surface area contributed by atoms with E-state index in [9.17, 15) is 9.59 Å². The van der Waals surface area contributed by atoms with Gasteiger partial charge in [0.25, 0.3) is 11.8 Å². The van der Waals surface area contributed by atoms with Gasteiger partial charge >= 0.3 is 0 Å². The lowest BCUT2D eigenvalue weighted by Crippen LogP contribution is -2.33. The van der Waals surface area contributed by atoms with Crippen molar-refractivity contribution in [1.29, 1.82) is 0 Å². The fraction of sp³-hybridized carbons (Fsp3) is 0.304. The second kappa shape index (κ2) is 9.39. The zero-order valence-corrected chi connectivity index (χ0v) is 17.0. The maximum absolute atomic E-state index is 13.2. The molecule has 1 N–H and O–H groups in total. The van der Waals surface area contributed by atoms with E-state index in [0.717, 1.165) is 12.1 Å². The van der Waals surface area contributed by atoms with Crippen LogP contribution in [0.25, 0.3) is 5.57 Å². The highest BCUT2D eigenvalue weighted by molar-refractivity contribution is 6.37. The van der Waals surface area contributed by atoms with Crippen LogP contribution in [-0.4, -0.2) is 44.1 Å². The summed E-state index contributed by atoms with van der Waals surface area (Å²) < 4.78 is 10.5. The Morgan fingerprint density at radius 2 is 1.69 bits per heavy atom. The molecule has 0 saturated heterocycles. The molecule has 0 aliphatic carbocycles. The molecule has 0 radical (unpaired) electrons. The van der Waals surface area contributed by atoms with E-state index in [0.29, 0.717) is 36.5 Å². The van der Waals surface area contributed by atoms with Crippen molar-refractivity contribution < 1.29 is 19.1 Å². The van der Waals surface area contributed by atoms with Crippen LogP contribution in [0.2, 0.25) is 0 Å². The van der Waals surface area contributed by atoms with E-state index < -0.39 is 0 Å². The molecule has 1 heterocycles. The summed E-state index contributed by atoms with van der Waals surface area (Å²) in [4.78, 5) is 27.6. The molecule has 2 amide bonds. The predicted octanol–water partition coefficient (Wildman–Crippen LogP) is 3.49. The van der Waals surface area contributed by atoms with Crippen molar-refractivity contribution in [2.75, 3.05) is 32.7 Å². The summed E-state index contributed by atoms with van der Waals surface area (Å²) in [5, 5.41) is 3.17. The Morgan fingerprint density at radius 1 is 0.966 bits per heavy atom. The molecule has 0 fully saturated rings. The number of amides is 2. The minimum atomic E-state index is -0.341. The van der Waals surface area contributed by atoms with Crippen LogP contribution in [-0.2, 0) is 20.7 Å². The molecule has 6 nitrogen and oxygen atoms in total. The van der Waals surface area contributed by atoms with Crippen LogP contribution in [0.3, 0.4) is 0 Å². The molecule has 29 heavy (non-hydrogen) atoms. The minimum absolute atomic E-state index is 0.265. The lowest BCUT2D eigenvalue weighted by atomic mass is 10.0. The summed E-state index contributed by atoms with van der Waals surface area (Å²) in [5.74, 6) is -0.127. The van der Waals surface area contributed by atoms with Gasteiger partial charge in [0.05, 0.1) is 12.7 Å². The Bertz CT molecular complexity index is 919. The number of methoxy groups -OCH3 is 2. The number of aryl methyl sites for hydroxylation is 1. The van der Waals surface area contributed by atoms with Crippen molar-refractivity contribution in [2.45, 2.75) is 19.8 Å². The lowest BCUT2D eigenvalue weighted by molar-refractivity contribution is -0.137. The number of nitrogens with zero attached hydrogens (tertiary/aromatic N) is 1. The number of nitrogens with one attached hydrogen (secondary N) is 1. The van der Waals surface area contributed by atoms with Gasteiger partial charge in [0, 0.05) is 31.5 Å². The molecule has 152 valence electrons. The van der Waals surface area contributed by atoms with Gasteiger partial charge in [0.2, 0.25) is 0 Å². The number of benzene rings is 2. The third kappa shape index (κ3) is 4.32. The summed E-state index contributed by atoms with van der Waals surface area (Å²) >= 11 is 0. The highest BCUT2D eigenvalue weighted by Gasteiger charge is 2.39. The summed E-state index contributed by atoms with van der Waals surface area (Å²) in [5.41, 5.74) is 3.13. The first-order valence-electron chi connectivity index (χ1n) is 9.69. The third-order valence-electron chi connectivity index (χ3n) is 4.91. The molecule has 3 rings (SSSR count). The van der Waals surface area contributed by atoms with E-state index in [4.69, 9.17) is 9.47 Å². The van der Waals surface area contributed by atoms with Gasteiger partial charge in [-0.1, -0.05) is 37.3 Å². The number of hydrogen-bond acceptors (Lipinski definition) is 5. The smallest absolute Gasteiger partial charge is 0.278 e. The molecule has 0 bridgehead atoms. The van der Waals surface area contributed by atoms with Crippen molar-refractivity contribution in [3.8, 4) is 5.75 Å². The monoisotopic (exact) mass is 394 g/mol. The van der Waals surface area contributed by atoms with Crippen LogP contribution in [0.5, 0.6) is 5.75 Å². The van der Waals surface area contributed by atoms with Crippen molar-refractivity contribution in [2.24, 2.45) is 0 Å². The molecular weight excluding hydrogens is 368 g/mol. The molecule has 1 aliphatic rings. The minimum Gasteiger partial charge on any atom is -0.496 e. The van der Waals surface area contributed by atoms with Gasteiger partial charge in [-0.3, -0.25) is 14.5 Å². The van der Waals surface area contributed by atoms with Gasteiger partial charge in [-0.2, -0.15) is 0 Å². The number of rotatable bonds is 9. The predicted molar refractivity (Wildman–Crippen MR) is 113 cm³/mol. The van der Waals surface area contributed by atoms with E-state index in [-0.39, 0.29) is 17.5 Å². The lowest BCUT2D eigenvalue weighted by Gasteiger charge is -2.15. The summed E-state index contributed by atoms with van der Waals surface area (Å²) in [6.45, 7) is 2.86. The first-order valence-corrected chi connectivity index (χ1v) is 9.69. The Labute approximate surface area is 171 Å². The van der Waals surface area contributed by atoms with Gasteiger partial charge in [-0.15, -0.1) is 0 Å². The van der Waals surface area contributed by atoms with E-state index in [1.165, 1.54) is 10.5 Å². The first-order chi connectivity index (χ1) is 14.1. The molecule has 0 unspecified atom stereocenters. The molecule has 0 atom stereocenters. The average molecular weight is 394 g/mol. The van der Waals surface area contributed by atoms with E-state index in [1.807, 2.05) is 36.4 Å². The maximum atomic E-state index is 13.2. The normalized spacial score (nSPS) is 14.0. The molecule has 0 spiro atoms. The number of carbonyl (C=O) groups excluding carboxylic acids is 2. The maximum Gasteiger partial charge on any atom is 0.278 e. The Balaban J connectivity index is 2.01. The number of ether oxygens (including phenoxy) is 2. The zero-order chi connectivity index (χ0) is 20.8. The number of hydrogen-bond donors (Lipinski definition) is 1. The second-order valence-corrected chi connectivity index (χ2v) is 6.73. The average Bonchev–Trinajstić information content (AvgIpc) is 2.98. The number of imide groups is 1. The van der Waals surface area contributed by atoms with Gasteiger partial charge in [-0.25, -0.2) is 0 Å². The van der Waals surface area contributed by atoms with Crippen LogP contribution in [0, 0.1) is 0 Å². The van der Waals surface area contributed by atoms with Crippen LogP contribution >= 0.6 is 0 Å². The van der Waals surface area contributed by atoms with Crippen LogP contribution in [0.15, 0.2) is 54.2 Å². The summed E-state index contributed by atoms with van der Waals surface area (Å²) in [7, 11) is 3.15. The molecular formula is C23H26N2O4. The van der Waals surface area contributed by atoms with E-state index in [2.05, 4.69) is 12.2 Å². The quantitative estimate of drug-likeness (QED) is 0.521. The van der Waals surface area contributed by atoms with Crippen molar-refractivity contribution in [3.63, 3.8) is 0 Å². The van der Waals surface area contributed by atoms with Crippen molar-refractivity contribution in [3.05, 3.63) is 65.4 Å². The zero-order valence-electron chi connectivity index (χ0n) is 17.0. The molecule has 2 aromatic carbocycles. The molecule has 1 aliphatic heterocycles. The number of carbonyl (C=O) groups is 2. The largest absolute Gasteiger partial charge is 0.496 e.